The van der Waals surface area contributed by atoms with Crippen LogP contribution in [0.4, 0.5) is 4.79 Å². The van der Waals surface area contributed by atoms with E-state index in [1.807, 2.05) is 0 Å². The van der Waals surface area contributed by atoms with Gasteiger partial charge in [0, 0.05) is 19.0 Å². The van der Waals surface area contributed by atoms with E-state index in [-0.39, 0.29) is 23.6 Å². The normalized spacial score (nSPS) is 22.8. The zero-order valence-electron chi connectivity index (χ0n) is 15.4. The largest absolute Gasteiger partial charge is 0.519 e. The van der Waals surface area contributed by atoms with Gasteiger partial charge in [-0.15, -0.1) is 6.42 Å². The summed E-state index contributed by atoms with van der Waals surface area (Å²) < 4.78 is 8.71. The van der Waals surface area contributed by atoms with Crippen LogP contribution in [0.3, 0.4) is 0 Å². The number of nitrogens with zero attached hydrogens (tertiary/aromatic N) is 2. The van der Waals surface area contributed by atoms with Crippen LogP contribution in [-0.2, 0) is 11.3 Å². The molecule has 8 nitrogen and oxygen atoms in total. The summed E-state index contributed by atoms with van der Waals surface area (Å²) in [5.41, 5.74) is 0.279. The van der Waals surface area contributed by atoms with Crippen LogP contribution in [0, 0.1) is 12.3 Å². The van der Waals surface area contributed by atoms with Crippen LogP contribution in [0.5, 0.6) is 0 Å². The molecule has 1 fully saturated rings. The number of hydrogen-bond donors (Lipinski definition) is 1. The number of likely N-dealkylation sites (tertiary alicyclic amines) is 1. The average molecular weight is 441 g/mol. The molecule has 1 aromatic rings. The first kappa shape index (κ1) is 21.1. The van der Waals surface area contributed by atoms with Crippen LogP contribution in [0.1, 0.15) is 37.3 Å². The molecule has 1 aromatic heterocycles. The Morgan fingerprint density at radius 1 is 1.45 bits per heavy atom. The van der Waals surface area contributed by atoms with E-state index in [1.54, 1.807) is 18.2 Å². The summed E-state index contributed by atoms with van der Waals surface area (Å²) in [6.45, 7) is 1.41. The van der Waals surface area contributed by atoms with Crippen molar-refractivity contribution in [3.8, 4) is 12.3 Å². The maximum Gasteiger partial charge on any atom is 0.519 e. The predicted octanol–water partition coefficient (Wildman–Crippen LogP) is 3.07. The number of allylic oxidation sites excluding steroid dienone is 2. The number of amides is 2. The van der Waals surface area contributed by atoms with Gasteiger partial charge in [-0.25, -0.2) is 9.59 Å². The number of terminal acetylenes is 1. The van der Waals surface area contributed by atoms with Gasteiger partial charge in [-0.1, -0.05) is 41.3 Å². The van der Waals surface area contributed by atoms with Gasteiger partial charge in [-0.05, 0) is 18.9 Å². The van der Waals surface area contributed by atoms with Crippen molar-refractivity contribution in [3.63, 3.8) is 0 Å². The molecule has 10 heteroatoms. The standard InChI is InChI=1S/C19H18Cl2N2O6/c1-3-12-6-4-8-15(19(12,20)21)23(11(2)24)10-14-16(29-18(27)28-14)13-7-5-9-22(13)17(25)26/h1,4,6,8,13,15H,5,7,9-10H2,2H3,(H,25,26). The van der Waals surface area contributed by atoms with Crippen molar-refractivity contribution in [1.29, 1.82) is 0 Å². The molecule has 0 aromatic carbocycles. The summed E-state index contributed by atoms with van der Waals surface area (Å²) in [7, 11) is 0. The molecule has 0 spiro atoms. The zero-order valence-corrected chi connectivity index (χ0v) is 16.9. The van der Waals surface area contributed by atoms with Gasteiger partial charge in [-0.3, -0.25) is 9.69 Å². The monoisotopic (exact) mass is 440 g/mol. The Morgan fingerprint density at radius 2 is 2.17 bits per heavy atom. The molecular weight excluding hydrogens is 423 g/mol. The van der Waals surface area contributed by atoms with Gasteiger partial charge in [0.25, 0.3) is 0 Å². The van der Waals surface area contributed by atoms with Crippen LogP contribution >= 0.6 is 23.2 Å². The molecule has 29 heavy (non-hydrogen) atoms. The van der Waals surface area contributed by atoms with Gasteiger partial charge in [-0.2, -0.15) is 0 Å². The lowest BCUT2D eigenvalue weighted by Gasteiger charge is -2.38. The van der Waals surface area contributed by atoms with Crippen LogP contribution in [0.25, 0.3) is 0 Å². The molecular formula is C19H18Cl2N2O6. The summed E-state index contributed by atoms with van der Waals surface area (Å²) in [5.74, 6) is 1.13. The first-order chi connectivity index (χ1) is 13.7. The lowest BCUT2D eigenvalue weighted by molar-refractivity contribution is -0.131. The van der Waals surface area contributed by atoms with Crippen LogP contribution in [0.15, 0.2) is 37.4 Å². The molecule has 1 aliphatic carbocycles. The number of hydrogen-bond acceptors (Lipinski definition) is 5. The number of carbonyl (C=O) groups is 2. The second-order valence-electron chi connectivity index (χ2n) is 6.70. The lowest BCUT2D eigenvalue weighted by Crippen LogP contribution is -2.49. The number of carboxylic acid groups (broad SMARTS) is 1. The van der Waals surface area contributed by atoms with Crippen molar-refractivity contribution in [1.82, 2.24) is 9.80 Å². The van der Waals surface area contributed by atoms with Crippen LogP contribution < -0.4 is 5.82 Å². The average Bonchev–Trinajstić information content (AvgIpc) is 3.25. The fourth-order valence-corrected chi connectivity index (χ4v) is 4.22. The molecule has 3 rings (SSSR count). The number of alkyl halides is 2. The Bertz CT molecular complexity index is 984. The second kappa shape index (κ2) is 8.01. The second-order valence-corrected chi connectivity index (χ2v) is 8.09. The highest BCUT2D eigenvalue weighted by Gasteiger charge is 2.44. The Balaban J connectivity index is 1.96. The van der Waals surface area contributed by atoms with Gasteiger partial charge < -0.3 is 18.8 Å². The van der Waals surface area contributed by atoms with E-state index in [9.17, 15) is 19.5 Å². The van der Waals surface area contributed by atoms with E-state index in [0.29, 0.717) is 19.4 Å². The van der Waals surface area contributed by atoms with Gasteiger partial charge in [0.15, 0.2) is 15.9 Å². The zero-order chi connectivity index (χ0) is 21.3. The molecule has 2 unspecified atom stereocenters. The van der Waals surface area contributed by atoms with Crippen molar-refractivity contribution >= 4 is 35.2 Å². The summed E-state index contributed by atoms with van der Waals surface area (Å²) in [6.07, 6.45) is 10.2. The van der Waals surface area contributed by atoms with E-state index >= 15 is 0 Å². The Morgan fingerprint density at radius 3 is 2.79 bits per heavy atom. The lowest BCUT2D eigenvalue weighted by atomic mass is 9.97. The number of halogens is 2. The van der Waals surface area contributed by atoms with Gasteiger partial charge >= 0.3 is 11.9 Å². The molecule has 2 amide bonds. The Kier molecular flexibility index (Phi) is 5.82. The summed E-state index contributed by atoms with van der Waals surface area (Å²) in [5, 5.41) is 9.38. The maximum atomic E-state index is 12.4. The maximum absolute atomic E-state index is 12.4. The van der Waals surface area contributed by atoms with Gasteiger partial charge in [0.05, 0.1) is 18.6 Å². The van der Waals surface area contributed by atoms with E-state index < -0.39 is 34.2 Å². The van der Waals surface area contributed by atoms with E-state index in [2.05, 4.69) is 5.92 Å². The summed E-state index contributed by atoms with van der Waals surface area (Å²) in [6, 6.07) is -1.52. The molecule has 1 saturated heterocycles. The molecule has 2 heterocycles. The molecule has 0 saturated carbocycles. The first-order valence-electron chi connectivity index (χ1n) is 8.79. The molecule has 1 aliphatic heterocycles. The number of rotatable bonds is 4. The highest BCUT2D eigenvalue weighted by molar-refractivity contribution is 6.51. The minimum atomic E-state index is -1.58. The van der Waals surface area contributed by atoms with E-state index in [1.165, 1.54) is 16.7 Å². The van der Waals surface area contributed by atoms with Crippen molar-refractivity contribution in [2.75, 3.05) is 6.54 Å². The topological polar surface area (TPSA) is 104 Å². The molecule has 154 valence electrons. The third-order valence-corrected chi connectivity index (χ3v) is 5.83. The van der Waals surface area contributed by atoms with Crippen molar-refractivity contribution < 1.29 is 23.5 Å². The molecule has 0 radical (unpaired) electrons. The van der Waals surface area contributed by atoms with Crippen molar-refractivity contribution in [3.05, 3.63) is 45.9 Å². The predicted molar refractivity (Wildman–Crippen MR) is 104 cm³/mol. The van der Waals surface area contributed by atoms with Crippen molar-refractivity contribution in [2.45, 2.75) is 42.7 Å². The first-order valence-corrected chi connectivity index (χ1v) is 9.55. The van der Waals surface area contributed by atoms with Gasteiger partial charge in [0.1, 0.15) is 0 Å². The minimum Gasteiger partial charge on any atom is -0.465 e. The van der Waals surface area contributed by atoms with Gasteiger partial charge in [0.2, 0.25) is 5.91 Å². The smallest absolute Gasteiger partial charge is 0.465 e. The highest BCUT2D eigenvalue weighted by Crippen LogP contribution is 2.41. The highest BCUT2D eigenvalue weighted by atomic mass is 35.5. The fourth-order valence-electron chi connectivity index (χ4n) is 3.60. The van der Waals surface area contributed by atoms with E-state index in [0.717, 1.165) is 0 Å². The third kappa shape index (κ3) is 3.93. The van der Waals surface area contributed by atoms with E-state index in [4.69, 9.17) is 38.5 Å². The number of carbonyl (C=O) groups excluding carboxylic acids is 1. The van der Waals surface area contributed by atoms with Crippen LogP contribution in [-0.4, -0.2) is 43.8 Å². The van der Waals surface area contributed by atoms with Crippen molar-refractivity contribution in [2.24, 2.45) is 0 Å². The molecule has 1 N–H and O–H groups in total. The third-order valence-electron chi connectivity index (χ3n) is 4.97. The summed E-state index contributed by atoms with van der Waals surface area (Å²) >= 11 is 12.9. The Hall–Kier alpha value is -2.63. The SMILES string of the molecule is C#CC1=CC=CC(N(Cc2oc(=O)oc2C2CCCN2C(=O)O)C(C)=O)C1(Cl)Cl. The van der Waals surface area contributed by atoms with Crippen LogP contribution in [0.2, 0.25) is 0 Å². The quantitative estimate of drug-likeness (QED) is 0.569. The molecule has 0 bridgehead atoms. The fraction of sp³-hybridized carbons (Fsp3) is 0.421. The summed E-state index contributed by atoms with van der Waals surface area (Å²) in [4.78, 5) is 38.1. The molecule has 2 atom stereocenters. The molecule has 2 aliphatic rings. The minimum absolute atomic E-state index is 0.0395. The Labute approximate surface area is 176 Å².